The molecule has 0 radical (unpaired) electrons. The van der Waals surface area contributed by atoms with Crippen LogP contribution in [0.1, 0.15) is 60.6 Å². The first kappa shape index (κ1) is 61.1. The van der Waals surface area contributed by atoms with Gasteiger partial charge in [0.05, 0.1) is 101 Å². The van der Waals surface area contributed by atoms with E-state index in [9.17, 15) is 39.7 Å². The predicted molar refractivity (Wildman–Crippen MR) is 298 cm³/mol. The van der Waals surface area contributed by atoms with Crippen molar-refractivity contribution < 1.29 is 62.5 Å². The number of β-amino-alcohol motifs (C(OH)–C–C–N with tert-alkyl or cyclic N) is 1. The van der Waals surface area contributed by atoms with E-state index < -0.39 is 21.6 Å². The average molecular weight is 1120 g/mol. The number of aromatic amines is 1. The van der Waals surface area contributed by atoms with E-state index in [0.717, 1.165) is 55.9 Å². The topological polar surface area (TPSA) is 293 Å². The number of likely N-dealkylation sites (tertiary alicyclic amines) is 2. The summed E-state index contributed by atoms with van der Waals surface area (Å²) in [5.41, 5.74) is 4.87. The van der Waals surface area contributed by atoms with Crippen molar-refractivity contribution in [2.75, 3.05) is 155 Å². The summed E-state index contributed by atoms with van der Waals surface area (Å²) in [6.07, 6.45) is 2.26. The van der Waals surface area contributed by atoms with Crippen LogP contribution in [-0.2, 0) is 43.4 Å². The molecule has 0 aliphatic carbocycles. The van der Waals surface area contributed by atoms with E-state index in [4.69, 9.17) is 33.2 Å². The number of nitro groups is 2. The Bertz CT molecular complexity index is 2650. The molecule has 3 amide bonds. The van der Waals surface area contributed by atoms with Crippen LogP contribution in [0.2, 0.25) is 0 Å². The first-order valence-corrected chi connectivity index (χ1v) is 27.8. The Morgan fingerprint density at radius 1 is 0.750 bits per heavy atom. The van der Waals surface area contributed by atoms with Crippen LogP contribution in [-0.4, -0.2) is 198 Å². The zero-order chi connectivity index (χ0) is 56.7. The second-order valence-corrected chi connectivity index (χ2v) is 20.4. The Hall–Kier alpha value is -6.51. The minimum Gasteiger partial charge on any atom is -0.490 e. The van der Waals surface area contributed by atoms with Gasteiger partial charge in [0.15, 0.2) is 0 Å². The van der Waals surface area contributed by atoms with Gasteiger partial charge in [-0.25, -0.2) is 0 Å². The van der Waals surface area contributed by atoms with Crippen molar-refractivity contribution in [3.63, 3.8) is 0 Å². The number of nitrogens with one attached hydrogen (secondary N) is 5. The molecule has 3 atom stereocenters. The third-order valence-corrected chi connectivity index (χ3v) is 15.0. The number of rotatable bonds is 35. The summed E-state index contributed by atoms with van der Waals surface area (Å²) in [6, 6.07) is 17.7. The summed E-state index contributed by atoms with van der Waals surface area (Å²) in [6.45, 7) is 14.2. The highest BCUT2D eigenvalue weighted by molar-refractivity contribution is 5.99. The highest BCUT2D eigenvalue weighted by atomic mass is 16.6. The fourth-order valence-corrected chi connectivity index (χ4v) is 10.5. The lowest BCUT2D eigenvalue weighted by molar-refractivity contribution is -0.393. The summed E-state index contributed by atoms with van der Waals surface area (Å²) >= 11 is 0. The number of benzene rings is 3. The van der Waals surface area contributed by atoms with Gasteiger partial charge in [0.1, 0.15) is 23.7 Å². The van der Waals surface area contributed by atoms with Crippen LogP contribution in [0.4, 0.5) is 22.7 Å². The van der Waals surface area contributed by atoms with Crippen LogP contribution >= 0.6 is 0 Å². The SMILES string of the molecule is Cc1ccc2c(c1)NC[C@]21CCN(CC(O)C2CCN(C(=O)c3cc4c(OCCOCCOCCOCCNC(=O)CCC(=O)NCCOCCOCCOCCNc5ccc([N+](=O)[O-])cc5[N+](=O)[O-])cccc4[nH]3)CC2)C[C@H]1C. The van der Waals surface area contributed by atoms with Crippen molar-refractivity contribution in [3.05, 3.63) is 97.7 Å². The van der Waals surface area contributed by atoms with E-state index in [-0.39, 0.29) is 86.2 Å². The van der Waals surface area contributed by atoms with Crippen LogP contribution in [0.5, 0.6) is 5.75 Å². The molecule has 0 saturated carbocycles. The molecule has 4 aromatic rings. The number of hydrogen-bond acceptors (Lipinski definition) is 18. The summed E-state index contributed by atoms with van der Waals surface area (Å²) in [5, 5.41) is 46.2. The number of non-ortho nitro benzene ring substituents is 1. The van der Waals surface area contributed by atoms with Gasteiger partial charge in [-0.2, -0.15) is 0 Å². The van der Waals surface area contributed by atoms with Crippen LogP contribution in [0.15, 0.2) is 60.7 Å². The number of amides is 3. The maximum Gasteiger partial charge on any atom is 0.299 e. The largest absolute Gasteiger partial charge is 0.490 e. The molecule has 3 aliphatic heterocycles. The number of carbonyl (C=O) groups is 3. The fraction of sp³-hybridized carbons (Fsp3) is 0.589. The molecule has 1 unspecified atom stereocenters. The lowest BCUT2D eigenvalue weighted by Gasteiger charge is -2.46. The molecule has 1 spiro atoms. The van der Waals surface area contributed by atoms with Crippen LogP contribution in [0.25, 0.3) is 10.9 Å². The molecule has 24 nitrogen and oxygen atoms in total. The minimum atomic E-state index is -0.696. The summed E-state index contributed by atoms with van der Waals surface area (Å²) in [4.78, 5) is 66.3. The van der Waals surface area contributed by atoms with Crippen LogP contribution in [0, 0.1) is 39.0 Å². The first-order valence-electron chi connectivity index (χ1n) is 27.8. The number of piperidine rings is 2. The molecule has 3 aromatic carbocycles. The number of ether oxygens (including phenoxy) is 7. The number of aryl methyl sites for hydroxylation is 1. The van der Waals surface area contributed by atoms with E-state index in [2.05, 4.69) is 63.2 Å². The molecule has 3 aliphatic rings. The van der Waals surface area contributed by atoms with Crippen LogP contribution in [0.3, 0.4) is 0 Å². The lowest BCUT2D eigenvalue weighted by atomic mass is 9.67. The second kappa shape index (κ2) is 31.5. The van der Waals surface area contributed by atoms with E-state index in [0.29, 0.717) is 110 Å². The number of anilines is 2. The zero-order valence-corrected chi connectivity index (χ0v) is 46.0. The van der Waals surface area contributed by atoms with Gasteiger partial charge >= 0.3 is 0 Å². The van der Waals surface area contributed by atoms with Gasteiger partial charge in [-0.05, 0) is 86.0 Å². The molecule has 6 N–H and O–H groups in total. The van der Waals surface area contributed by atoms with E-state index >= 15 is 0 Å². The van der Waals surface area contributed by atoms with Crippen LogP contribution < -0.4 is 26.0 Å². The van der Waals surface area contributed by atoms with Gasteiger partial charge in [-0.1, -0.05) is 25.1 Å². The smallest absolute Gasteiger partial charge is 0.299 e. The molecular formula is C56H79N9O15. The lowest BCUT2D eigenvalue weighted by Crippen LogP contribution is -2.52. The van der Waals surface area contributed by atoms with Crippen molar-refractivity contribution in [2.45, 2.75) is 57.5 Å². The monoisotopic (exact) mass is 1120 g/mol. The fourth-order valence-electron chi connectivity index (χ4n) is 10.5. The number of H-pyrrole nitrogens is 1. The molecule has 0 bridgehead atoms. The van der Waals surface area contributed by atoms with Crippen molar-refractivity contribution in [1.82, 2.24) is 25.4 Å². The zero-order valence-electron chi connectivity index (χ0n) is 46.0. The van der Waals surface area contributed by atoms with E-state index in [1.54, 1.807) is 0 Å². The Morgan fingerprint density at radius 2 is 1.36 bits per heavy atom. The Balaban J connectivity index is 0.630. The van der Waals surface area contributed by atoms with Gasteiger partial charge < -0.3 is 74.3 Å². The standard InChI is InChI=1S/C56H79N9O15/c1-40-6-8-45-48(34-40)60-39-56(45)14-20-62(37-41(56)2)38-51(66)42-12-18-63(19-13-42)55(69)49-36-44-46(61-49)4-3-5-52(44)80-33-32-79-31-30-78-29-26-76-23-17-59-54(68)11-10-53(67)58-16-22-75-25-28-77-27-24-74-21-15-57-47-9-7-43(64(70)71)35-50(47)65(72)73/h3-9,34-36,41-42,51,57,60-61,66H,10-33,37-39H2,1-2H3,(H,58,67)(H,59,68)/t41-,51?,56+/m1/s1. The Labute approximate surface area is 466 Å². The Kier molecular flexibility index (Phi) is 24.0. The first-order chi connectivity index (χ1) is 38.8. The maximum absolute atomic E-state index is 13.7. The van der Waals surface area contributed by atoms with Crippen molar-refractivity contribution in [3.8, 4) is 5.75 Å². The molecule has 80 heavy (non-hydrogen) atoms. The van der Waals surface area contributed by atoms with Gasteiger partial charge in [0.2, 0.25) is 11.8 Å². The van der Waals surface area contributed by atoms with Gasteiger partial charge in [0.25, 0.3) is 17.3 Å². The molecule has 1 aromatic heterocycles. The highest BCUT2D eigenvalue weighted by Gasteiger charge is 2.46. The number of aliphatic hydroxyl groups excluding tert-OH is 1. The number of nitro benzene ring substituents is 2. The minimum absolute atomic E-state index is 0.0353. The number of aliphatic hydroxyl groups is 1. The average Bonchev–Trinajstić information content (AvgIpc) is 4.18. The van der Waals surface area contributed by atoms with Crippen molar-refractivity contribution >= 4 is 51.4 Å². The summed E-state index contributed by atoms with van der Waals surface area (Å²) in [7, 11) is 0. The van der Waals surface area contributed by atoms with Crippen molar-refractivity contribution in [2.24, 2.45) is 11.8 Å². The predicted octanol–water partition coefficient (Wildman–Crippen LogP) is 4.81. The normalized spacial score (nSPS) is 17.7. The number of nitrogens with zero attached hydrogens (tertiary/aromatic N) is 4. The maximum atomic E-state index is 13.7. The third kappa shape index (κ3) is 18.0. The number of carbonyl (C=O) groups excluding carboxylic acids is 3. The number of hydrogen-bond donors (Lipinski definition) is 6. The molecule has 7 rings (SSSR count). The second-order valence-electron chi connectivity index (χ2n) is 20.4. The molecule has 4 heterocycles. The molecule has 24 heteroatoms. The van der Waals surface area contributed by atoms with Gasteiger partial charge in [0, 0.05) is 93.3 Å². The summed E-state index contributed by atoms with van der Waals surface area (Å²) in [5.74, 6) is 0.705. The van der Waals surface area contributed by atoms with E-state index in [1.807, 2.05) is 29.2 Å². The van der Waals surface area contributed by atoms with Gasteiger partial charge in [-0.15, -0.1) is 0 Å². The van der Waals surface area contributed by atoms with Gasteiger partial charge in [-0.3, -0.25) is 34.6 Å². The third-order valence-electron chi connectivity index (χ3n) is 15.0. The highest BCUT2D eigenvalue weighted by Crippen LogP contribution is 2.47. The van der Waals surface area contributed by atoms with E-state index in [1.165, 1.54) is 28.9 Å². The quantitative estimate of drug-likeness (QED) is 0.0205. The van der Waals surface area contributed by atoms with Crippen molar-refractivity contribution in [1.29, 1.82) is 0 Å². The molecular weight excluding hydrogens is 1040 g/mol. The summed E-state index contributed by atoms with van der Waals surface area (Å²) < 4.78 is 39.2. The molecule has 2 fully saturated rings. The number of aromatic nitrogens is 1. The molecule has 438 valence electrons. The number of fused-ring (bicyclic) bond motifs is 3. The molecule has 2 saturated heterocycles. The Morgan fingerprint density at radius 3 is 1.98 bits per heavy atom.